The van der Waals surface area contributed by atoms with Crippen molar-refractivity contribution in [1.29, 1.82) is 0 Å². The summed E-state index contributed by atoms with van der Waals surface area (Å²) in [6, 6.07) is 12.6. The van der Waals surface area contributed by atoms with Crippen molar-refractivity contribution >= 4 is 11.9 Å². The number of pyridine rings is 1. The normalized spacial score (nSPS) is 11.8. The standard InChI is InChI=1S/C18H19NO4/c1-13(2)17(20)23-16(15-8-10-19-11-9-15)18(21)22-12-14-6-4-3-5-7-14/h3-11,13,16H,12H2,1-2H3. The van der Waals surface area contributed by atoms with Gasteiger partial charge in [-0.1, -0.05) is 44.2 Å². The van der Waals surface area contributed by atoms with Gasteiger partial charge in [0.1, 0.15) is 6.61 Å². The number of ether oxygens (including phenoxy) is 2. The van der Waals surface area contributed by atoms with Crippen molar-refractivity contribution in [2.24, 2.45) is 5.92 Å². The van der Waals surface area contributed by atoms with Gasteiger partial charge in [0.05, 0.1) is 5.92 Å². The van der Waals surface area contributed by atoms with Gasteiger partial charge < -0.3 is 9.47 Å². The Bertz CT molecular complexity index is 641. The molecule has 1 aromatic heterocycles. The number of benzene rings is 1. The van der Waals surface area contributed by atoms with Crippen LogP contribution in [-0.4, -0.2) is 16.9 Å². The smallest absolute Gasteiger partial charge is 0.352 e. The number of hydrogen-bond donors (Lipinski definition) is 0. The Morgan fingerprint density at radius 3 is 2.26 bits per heavy atom. The second-order valence-corrected chi connectivity index (χ2v) is 5.35. The molecule has 0 aliphatic carbocycles. The molecular formula is C18H19NO4. The topological polar surface area (TPSA) is 65.5 Å². The molecular weight excluding hydrogens is 294 g/mol. The van der Waals surface area contributed by atoms with E-state index in [1.54, 1.807) is 26.0 Å². The average molecular weight is 313 g/mol. The highest BCUT2D eigenvalue weighted by Crippen LogP contribution is 2.21. The first kappa shape index (κ1) is 16.7. The molecule has 0 bridgehead atoms. The highest BCUT2D eigenvalue weighted by molar-refractivity contribution is 5.81. The third-order valence-corrected chi connectivity index (χ3v) is 3.15. The maximum Gasteiger partial charge on any atom is 0.352 e. The lowest BCUT2D eigenvalue weighted by Crippen LogP contribution is -2.24. The molecule has 0 fully saturated rings. The Morgan fingerprint density at radius 1 is 1.00 bits per heavy atom. The molecule has 1 aromatic carbocycles. The quantitative estimate of drug-likeness (QED) is 0.767. The zero-order chi connectivity index (χ0) is 16.7. The van der Waals surface area contributed by atoms with E-state index in [0.717, 1.165) is 5.56 Å². The van der Waals surface area contributed by atoms with Crippen molar-refractivity contribution in [2.75, 3.05) is 0 Å². The number of carbonyl (C=O) groups excluding carboxylic acids is 2. The van der Waals surface area contributed by atoms with Crippen LogP contribution in [0.2, 0.25) is 0 Å². The number of carbonyl (C=O) groups is 2. The molecule has 0 saturated heterocycles. The van der Waals surface area contributed by atoms with Crippen molar-refractivity contribution in [3.8, 4) is 0 Å². The maximum absolute atomic E-state index is 12.4. The van der Waals surface area contributed by atoms with Gasteiger partial charge in [-0.15, -0.1) is 0 Å². The molecule has 1 atom stereocenters. The van der Waals surface area contributed by atoms with Gasteiger partial charge in [0, 0.05) is 18.0 Å². The number of aromatic nitrogens is 1. The number of esters is 2. The van der Waals surface area contributed by atoms with Gasteiger partial charge in [0.2, 0.25) is 6.10 Å². The van der Waals surface area contributed by atoms with E-state index in [-0.39, 0.29) is 12.5 Å². The van der Waals surface area contributed by atoms with Crippen LogP contribution < -0.4 is 0 Å². The zero-order valence-electron chi connectivity index (χ0n) is 13.1. The Kier molecular flexibility index (Phi) is 5.86. The Labute approximate surface area is 135 Å². The lowest BCUT2D eigenvalue weighted by molar-refractivity contribution is -0.171. The fourth-order valence-electron chi connectivity index (χ4n) is 1.85. The van der Waals surface area contributed by atoms with Gasteiger partial charge in [0.25, 0.3) is 0 Å². The van der Waals surface area contributed by atoms with Crippen LogP contribution in [-0.2, 0) is 25.7 Å². The Balaban J connectivity index is 2.09. The molecule has 120 valence electrons. The van der Waals surface area contributed by atoms with Crippen LogP contribution in [0.25, 0.3) is 0 Å². The minimum atomic E-state index is -1.09. The van der Waals surface area contributed by atoms with Gasteiger partial charge >= 0.3 is 11.9 Å². The van der Waals surface area contributed by atoms with Crippen LogP contribution in [0.5, 0.6) is 0 Å². The van der Waals surface area contributed by atoms with Crippen molar-refractivity contribution in [2.45, 2.75) is 26.6 Å². The van der Waals surface area contributed by atoms with Crippen LogP contribution in [0, 0.1) is 5.92 Å². The van der Waals surface area contributed by atoms with E-state index in [2.05, 4.69) is 4.98 Å². The van der Waals surface area contributed by atoms with Crippen molar-refractivity contribution in [1.82, 2.24) is 4.98 Å². The largest absolute Gasteiger partial charge is 0.458 e. The lowest BCUT2D eigenvalue weighted by Gasteiger charge is -2.18. The fraction of sp³-hybridized carbons (Fsp3) is 0.278. The van der Waals surface area contributed by atoms with Gasteiger partial charge in [0.15, 0.2) is 0 Å². The van der Waals surface area contributed by atoms with E-state index in [0.29, 0.717) is 5.56 Å². The van der Waals surface area contributed by atoms with E-state index >= 15 is 0 Å². The summed E-state index contributed by atoms with van der Waals surface area (Å²) in [4.78, 5) is 28.1. The molecule has 0 aliphatic heterocycles. The molecule has 5 nitrogen and oxygen atoms in total. The fourth-order valence-corrected chi connectivity index (χ4v) is 1.85. The Morgan fingerprint density at radius 2 is 1.65 bits per heavy atom. The second kappa shape index (κ2) is 8.08. The minimum Gasteiger partial charge on any atom is -0.458 e. The summed E-state index contributed by atoms with van der Waals surface area (Å²) in [5.41, 5.74) is 1.40. The summed E-state index contributed by atoms with van der Waals surface area (Å²) < 4.78 is 10.6. The number of nitrogens with zero attached hydrogens (tertiary/aromatic N) is 1. The van der Waals surface area contributed by atoms with E-state index in [1.807, 2.05) is 30.3 Å². The van der Waals surface area contributed by atoms with Crippen LogP contribution in [0.4, 0.5) is 0 Å². The second-order valence-electron chi connectivity index (χ2n) is 5.35. The first-order valence-corrected chi connectivity index (χ1v) is 7.39. The van der Waals surface area contributed by atoms with Crippen LogP contribution in [0.15, 0.2) is 54.9 Å². The Hall–Kier alpha value is -2.69. The highest BCUT2D eigenvalue weighted by atomic mass is 16.6. The maximum atomic E-state index is 12.4. The number of rotatable bonds is 6. The molecule has 0 spiro atoms. The predicted octanol–water partition coefficient (Wildman–Crippen LogP) is 3.07. The van der Waals surface area contributed by atoms with E-state index in [9.17, 15) is 9.59 Å². The molecule has 5 heteroatoms. The molecule has 0 amide bonds. The molecule has 0 aliphatic rings. The first-order valence-electron chi connectivity index (χ1n) is 7.39. The summed E-state index contributed by atoms with van der Waals surface area (Å²) >= 11 is 0. The SMILES string of the molecule is CC(C)C(=O)OC(C(=O)OCc1ccccc1)c1ccncc1. The van der Waals surface area contributed by atoms with Crippen molar-refractivity contribution in [3.63, 3.8) is 0 Å². The summed E-state index contributed by atoms with van der Waals surface area (Å²) in [5.74, 6) is -1.39. The van der Waals surface area contributed by atoms with Crippen LogP contribution >= 0.6 is 0 Å². The average Bonchev–Trinajstić information content (AvgIpc) is 2.59. The summed E-state index contributed by atoms with van der Waals surface area (Å²) in [6.07, 6.45) is 1.99. The van der Waals surface area contributed by atoms with Gasteiger partial charge in [-0.25, -0.2) is 4.79 Å². The van der Waals surface area contributed by atoms with Crippen LogP contribution in [0.3, 0.4) is 0 Å². The lowest BCUT2D eigenvalue weighted by atomic mass is 10.1. The third-order valence-electron chi connectivity index (χ3n) is 3.15. The van der Waals surface area contributed by atoms with Gasteiger partial charge in [-0.05, 0) is 17.7 Å². The third kappa shape index (κ3) is 4.92. The molecule has 0 radical (unpaired) electrons. The monoisotopic (exact) mass is 313 g/mol. The van der Waals surface area contributed by atoms with Gasteiger partial charge in [-0.2, -0.15) is 0 Å². The number of hydrogen-bond acceptors (Lipinski definition) is 5. The van der Waals surface area contributed by atoms with Gasteiger partial charge in [-0.3, -0.25) is 9.78 Å². The van der Waals surface area contributed by atoms with Crippen LogP contribution in [0.1, 0.15) is 31.1 Å². The van der Waals surface area contributed by atoms with Crippen molar-refractivity contribution < 1.29 is 19.1 Å². The molecule has 1 heterocycles. The summed E-state index contributed by atoms with van der Waals surface area (Å²) in [5, 5.41) is 0. The summed E-state index contributed by atoms with van der Waals surface area (Å²) in [7, 11) is 0. The zero-order valence-corrected chi connectivity index (χ0v) is 13.1. The molecule has 0 saturated carbocycles. The van der Waals surface area contributed by atoms with E-state index in [4.69, 9.17) is 9.47 Å². The first-order chi connectivity index (χ1) is 11.1. The van der Waals surface area contributed by atoms with E-state index in [1.165, 1.54) is 12.4 Å². The minimum absolute atomic E-state index is 0.125. The van der Waals surface area contributed by atoms with Crippen molar-refractivity contribution in [3.05, 3.63) is 66.0 Å². The highest BCUT2D eigenvalue weighted by Gasteiger charge is 2.27. The molecule has 2 rings (SSSR count). The molecule has 0 N–H and O–H groups in total. The van der Waals surface area contributed by atoms with E-state index < -0.39 is 18.0 Å². The molecule has 23 heavy (non-hydrogen) atoms. The predicted molar refractivity (Wildman–Crippen MR) is 84.1 cm³/mol. The molecule has 2 aromatic rings. The molecule has 1 unspecified atom stereocenters. The summed E-state index contributed by atoms with van der Waals surface area (Å²) in [6.45, 7) is 3.54.